The standard InChI is InChI=1S/C20H21F2NO5/c1-13(14-6-4-3-5-7-14)11-23-18(24)12-27-19(25)15-8-9-16(28-20(21)22)17(10-15)26-2/h3-10,13,20H,11-12H2,1-2H3,(H,23,24)/t13-/m1/s1. The van der Waals surface area contributed by atoms with Crippen molar-refractivity contribution in [2.45, 2.75) is 19.5 Å². The van der Waals surface area contributed by atoms with Gasteiger partial charge in [0.05, 0.1) is 12.7 Å². The number of hydrogen-bond donors (Lipinski definition) is 1. The lowest BCUT2D eigenvalue weighted by atomic mass is 10.0. The van der Waals surface area contributed by atoms with E-state index in [9.17, 15) is 18.4 Å². The van der Waals surface area contributed by atoms with Crippen LogP contribution < -0.4 is 14.8 Å². The lowest BCUT2D eigenvalue weighted by molar-refractivity contribution is -0.124. The maximum Gasteiger partial charge on any atom is 0.387 e. The Balaban J connectivity index is 1.85. The van der Waals surface area contributed by atoms with E-state index in [1.54, 1.807) is 0 Å². The number of nitrogens with one attached hydrogen (secondary N) is 1. The average Bonchev–Trinajstić information content (AvgIpc) is 2.70. The van der Waals surface area contributed by atoms with Gasteiger partial charge < -0.3 is 19.5 Å². The maximum atomic E-state index is 12.3. The van der Waals surface area contributed by atoms with Gasteiger partial charge in [0.15, 0.2) is 18.1 Å². The van der Waals surface area contributed by atoms with Crippen molar-refractivity contribution in [1.82, 2.24) is 5.32 Å². The molecule has 2 aromatic rings. The Morgan fingerprint density at radius 3 is 2.43 bits per heavy atom. The van der Waals surface area contributed by atoms with Crippen LogP contribution in [0.5, 0.6) is 11.5 Å². The third kappa shape index (κ3) is 6.22. The molecule has 0 aromatic heterocycles. The molecule has 0 radical (unpaired) electrons. The molecule has 1 atom stereocenters. The summed E-state index contributed by atoms with van der Waals surface area (Å²) < 4.78 is 38.8. The number of methoxy groups -OCH3 is 1. The highest BCUT2D eigenvalue weighted by molar-refractivity contribution is 5.92. The van der Waals surface area contributed by atoms with Gasteiger partial charge in [-0.15, -0.1) is 0 Å². The number of carbonyl (C=O) groups is 2. The second-order valence-corrected chi connectivity index (χ2v) is 5.94. The van der Waals surface area contributed by atoms with Gasteiger partial charge in [0, 0.05) is 6.54 Å². The normalized spacial score (nSPS) is 11.6. The fourth-order valence-corrected chi connectivity index (χ4v) is 2.42. The van der Waals surface area contributed by atoms with Crippen molar-refractivity contribution >= 4 is 11.9 Å². The van der Waals surface area contributed by atoms with Crippen LogP contribution in [0.3, 0.4) is 0 Å². The first kappa shape index (κ1) is 21.1. The largest absolute Gasteiger partial charge is 0.493 e. The van der Waals surface area contributed by atoms with E-state index in [1.807, 2.05) is 37.3 Å². The molecule has 0 aliphatic heterocycles. The van der Waals surface area contributed by atoms with Gasteiger partial charge in [-0.25, -0.2) is 4.79 Å². The number of benzene rings is 2. The Hall–Kier alpha value is -3.16. The third-order valence-corrected chi connectivity index (χ3v) is 3.92. The third-order valence-electron chi connectivity index (χ3n) is 3.92. The van der Waals surface area contributed by atoms with E-state index in [2.05, 4.69) is 10.1 Å². The van der Waals surface area contributed by atoms with Crippen LogP contribution in [-0.2, 0) is 9.53 Å². The van der Waals surface area contributed by atoms with Crippen LogP contribution in [0.1, 0.15) is 28.8 Å². The zero-order valence-corrected chi connectivity index (χ0v) is 15.5. The van der Waals surface area contributed by atoms with Gasteiger partial charge in [-0.2, -0.15) is 8.78 Å². The van der Waals surface area contributed by atoms with Crippen molar-refractivity contribution < 1.29 is 32.6 Å². The smallest absolute Gasteiger partial charge is 0.387 e. The molecule has 0 saturated heterocycles. The quantitative estimate of drug-likeness (QED) is 0.662. The van der Waals surface area contributed by atoms with E-state index < -0.39 is 25.1 Å². The molecule has 28 heavy (non-hydrogen) atoms. The van der Waals surface area contributed by atoms with Crippen molar-refractivity contribution in [1.29, 1.82) is 0 Å². The minimum atomic E-state index is -3.02. The van der Waals surface area contributed by atoms with Crippen LogP contribution in [-0.4, -0.2) is 38.7 Å². The van der Waals surface area contributed by atoms with Gasteiger partial charge in [0.1, 0.15) is 0 Å². The number of amides is 1. The first-order chi connectivity index (χ1) is 13.4. The van der Waals surface area contributed by atoms with Gasteiger partial charge >= 0.3 is 12.6 Å². The van der Waals surface area contributed by atoms with Crippen molar-refractivity contribution in [3.8, 4) is 11.5 Å². The fourth-order valence-electron chi connectivity index (χ4n) is 2.42. The van der Waals surface area contributed by atoms with Gasteiger partial charge in [-0.1, -0.05) is 37.3 Å². The van der Waals surface area contributed by atoms with E-state index in [1.165, 1.54) is 25.3 Å². The molecule has 0 bridgehead atoms. The highest BCUT2D eigenvalue weighted by Gasteiger charge is 2.16. The Labute approximate surface area is 161 Å². The lowest BCUT2D eigenvalue weighted by Gasteiger charge is -2.13. The summed E-state index contributed by atoms with van der Waals surface area (Å²) in [5.41, 5.74) is 1.13. The summed E-state index contributed by atoms with van der Waals surface area (Å²) in [4.78, 5) is 24.0. The van der Waals surface area contributed by atoms with Gasteiger partial charge in [0.25, 0.3) is 5.91 Å². The molecule has 0 aliphatic rings. The average molecular weight is 393 g/mol. The van der Waals surface area contributed by atoms with Gasteiger partial charge in [-0.3, -0.25) is 4.79 Å². The van der Waals surface area contributed by atoms with E-state index in [4.69, 9.17) is 9.47 Å². The number of carbonyl (C=O) groups excluding carboxylic acids is 2. The number of rotatable bonds is 9. The van der Waals surface area contributed by atoms with Crippen molar-refractivity contribution in [3.05, 3.63) is 59.7 Å². The predicted molar refractivity (Wildman–Crippen MR) is 97.8 cm³/mol. The number of hydrogen-bond acceptors (Lipinski definition) is 5. The van der Waals surface area contributed by atoms with Crippen molar-refractivity contribution in [2.24, 2.45) is 0 Å². The van der Waals surface area contributed by atoms with Crippen LogP contribution in [0.2, 0.25) is 0 Å². The summed E-state index contributed by atoms with van der Waals surface area (Å²) in [5, 5.41) is 2.70. The Kier molecular flexibility index (Phi) is 7.74. The summed E-state index contributed by atoms with van der Waals surface area (Å²) in [5.74, 6) is -1.38. The molecule has 150 valence electrons. The second kappa shape index (κ2) is 10.2. The van der Waals surface area contributed by atoms with Crippen LogP contribution >= 0.6 is 0 Å². The minimum Gasteiger partial charge on any atom is -0.493 e. The molecule has 0 fully saturated rings. The number of ether oxygens (including phenoxy) is 3. The summed E-state index contributed by atoms with van der Waals surface area (Å²) in [7, 11) is 1.25. The molecule has 1 N–H and O–H groups in total. The van der Waals surface area contributed by atoms with E-state index in [0.717, 1.165) is 5.56 Å². The first-order valence-corrected chi connectivity index (χ1v) is 8.52. The number of alkyl halides is 2. The molecule has 8 heteroatoms. The molecule has 1 amide bonds. The van der Waals surface area contributed by atoms with Gasteiger partial charge in [0.2, 0.25) is 0 Å². The van der Waals surface area contributed by atoms with Crippen molar-refractivity contribution in [3.63, 3.8) is 0 Å². The molecule has 0 spiro atoms. The van der Waals surface area contributed by atoms with Crippen molar-refractivity contribution in [2.75, 3.05) is 20.3 Å². The van der Waals surface area contributed by atoms with E-state index in [0.29, 0.717) is 6.54 Å². The molecule has 0 aliphatic carbocycles. The molecule has 2 aromatic carbocycles. The Morgan fingerprint density at radius 2 is 1.79 bits per heavy atom. The molecular weight excluding hydrogens is 372 g/mol. The van der Waals surface area contributed by atoms with Crippen LogP contribution in [0.15, 0.2) is 48.5 Å². The fraction of sp³-hybridized carbons (Fsp3) is 0.300. The summed E-state index contributed by atoms with van der Waals surface area (Å²) in [6, 6.07) is 13.3. The molecular formula is C20H21F2NO5. The molecule has 6 nitrogen and oxygen atoms in total. The predicted octanol–water partition coefficient (Wildman–Crippen LogP) is 3.37. The molecule has 0 heterocycles. The summed E-state index contributed by atoms with van der Waals surface area (Å²) >= 11 is 0. The SMILES string of the molecule is COc1cc(C(=O)OCC(=O)NC[C@@H](C)c2ccccc2)ccc1OC(F)F. The highest BCUT2D eigenvalue weighted by Crippen LogP contribution is 2.29. The van der Waals surface area contributed by atoms with Crippen LogP contribution in [0.4, 0.5) is 8.78 Å². The monoisotopic (exact) mass is 393 g/mol. The van der Waals surface area contributed by atoms with Crippen LogP contribution in [0.25, 0.3) is 0 Å². The Morgan fingerprint density at radius 1 is 1.07 bits per heavy atom. The van der Waals surface area contributed by atoms with Gasteiger partial charge in [-0.05, 0) is 29.7 Å². The molecule has 0 unspecified atom stereocenters. The van der Waals surface area contributed by atoms with E-state index in [-0.39, 0.29) is 23.0 Å². The van der Waals surface area contributed by atoms with E-state index >= 15 is 0 Å². The van der Waals surface area contributed by atoms with Crippen LogP contribution in [0, 0.1) is 0 Å². The maximum absolute atomic E-state index is 12.3. The number of halogens is 2. The zero-order chi connectivity index (χ0) is 20.5. The highest BCUT2D eigenvalue weighted by atomic mass is 19.3. The minimum absolute atomic E-state index is 0.0453. The summed E-state index contributed by atoms with van der Waals surface area (Å²) in [6.07, 6.45) is 0. The summed E-state index contributed by atoms with van der Waals surface area (Å²) in [6.45, 7) is -1.11. The molecule has 2 rings (SSSR count). The molecule has 0 saturated carbocycles. The lowest BCUT2D eigenvalue weighted by Crippen LogP contribution is -2.31. The second-order valence-electron chi connectivity index (χ2n) is 5.94. The number of esters is 1. The zero-order valence-electron chi connectivity index (χ0n) is 15.5. The topological polar surface area (TPSA) is 73.9 Å². The first-order valence-electron chi connectivity index (χ1n) is 8.52. The Bertz CT molecular complexity index is 798.